The van der Waals surface area contributed by atoms with Gasteiger partial charge in [-0.15, -0.1) is 0 Å². The number of benzene rings is 2. The van der Waals surface area contributed by atoms with Gasteiger partial charge >= 0.3 is 5.97 Å². The fourth-order valence-electron chi connectivity index (χ4n) is 5.36. The smallest absolute Gasteiger partial charge is 0.309 e. The number of carbonyl (C=O) groups is 1. The molecule has 2 aromatic rings. The molecule has 3 atom stereocenters. The van der Waals surface area contributed by atoms with Gasteiger partial charge in [0, 0.05) is 5.39 Å². The third-order valence-corrected chi connectivity index (χ3v) is 6.78. The molecule has 3 unspecified atom stereocenters. The third kappa shape index (κ3) is 2.31. The molecule has 2 aromatic carbocycles. The Balaban J connectivity index is 1.88. The van der Waals surface area contributed by atoms with Gasteiger partial charge in [0.2, 0.25) is 0 Å². The Hall–Kier alpha value is -2.23. The van der Waals surface area contributed by atoms with Crippen LogP contribution in [0, 0.1) is 11.3 Å². The number of aryl methyl sites for hydroxylation is 1. The summed E-state index contributed by atoms with van der Waals surface area (Å²) in [5.74, 6) is 2.02. The van der Waals surface area contributed by atoms with E-state index in [1.54, 1.807) is 14.2 Å². The number of ether oxygens (including phenoxy) is 3. The van der Waals surface area contributed by atoms with Gasteiger partial charge in [0.15, 0.2) is 0 Å². The summed E-state index contributed by atoms with van der Waals surface area (Å²) >= 11 is 0. The molecule has 0 N–H and O–H groups in total. The van der Waals surface area contributed by atoms with Crippen molar-refractivity contribution in [1.82, 2.24) is 0 Å². The molecule has 0 saturated heterocycles. The third-order valence-electron chi connectivity index (χ3n) is 6.78. The Morgan fingerprint density at radius 2 is 1.88 bits per heavy atom. The van der Waals surface area contributed by atoms with Crippen molar-refractivity contribution >= 4 is 16.7 Å². The zero-order valence-electron chi connectivity index (χ0n) is 15.9. The van der Waals surface area contributed by atoms with Crippen molar-refractivity contribution < 1.29 is 19.0 Å². The van der Waals surface area contributed by atoms with Crippen LogP contribution in [0.4, 0.5) is 0 Å². The molecule has 0 aliphatic heterocycles. The summed E-state index contributed by atoms with van der Waals surface area (Å²) in [7, 11) is 4.90. The maximum atomic E-state index is 12.3. The fourth-order valence-corrected chi connectivity index (χ4v) is 5.36. The molecule has 1 saturated carbocycles. The Morgan fingerprint density at radius 1 is 1.08 bits per heavy atom. The summed E-state index contributed by atoms with van der Waals surface area (Å²) < 4.78 is 16.2. The number of fused-ring (bicyclic) bond motifs is 5. The second-order valence-electron chi connectivity index (χ2n) is 7.77. The van der Waals surface area contributed by atoms with E-state index < -0.39 is 0 Å². The van der Waals surface area contributed by atoms with Gasteiger partial charge in [0.25, 0.3) is 0 Å². The zero-order valence-corrected chi connectivity index (χ0v) is 15.9. The highest BCUT2D eigenvalue weighted by atomic mass is 16.5. The molecular formula is C22H26O4. The number of hydrogen-bond acceptors (Lipinski definition) is 4. The minimum Gasteiger partial charge on any atom is -0.497 e. The number of hydrogen-bond donors (Lipinski definition) is 0. The van der Waals surface area contributed by atoms with Gasteiger partial charge in [-0.1, -0.05) is 13.0 Å². The van der Waals surface area contributed by atoms with Crippen LogP contribution in [0.15, 0.2) is 24.3 Å². The molecule has 0 spiro atoms. The number of rotatable bonds is 3. The summed E-state index contributed by atoms with van der Waals surface area (Å²) in [6, 6.07) is 8.40. The van der Waals surface area contributed by atoms with Crippen LogP contribution in [-0.4, -0.2) is 27.3 Å². The lowest BCUT2D eigenvalue weighted by atomic mass is 9.63. The second-order valence-corrected chi connectivity index (χ2v) is 7.77. The Morgan fingerprint density at radius 3 is 2.58 bits per heavy atom. The van der Waals surface area contributed by atoms with E-state index in [0.717, 1.165) is 42.6 Å². The molecule has 26 heavy (non-hydrogen) atoms. The quantitative estimate of drug-likeness (QED) is 0.763. The summed E-state index contributed by atoms with van der Waals surface area (Å²) in [5.41, 5.74) is 2.71. The van der Waals surface area contributed by atoms with E-state index in [0.29, 0.717) is 5.92 Å². The van der Waals surface area contributed by atoms with Gasteiger partial charge in [-0.25, -0.2) is 0 Å². The van der Waals surface area contributed by atoms with E-state index >= 15 is 0 Å². The first-order chi connectivity index (χ1) is 12.5. The van der Waals surface area contributed by atoms with Crippen LogP contribution in [-0.2, 0) is 16.0 Å². The first-order valence-corrected chi connectivity index (χ1v) is 9.28. The summed E-state index contributed by atoms with van der Waals surface area (Å²) in [4.78, 5) is 12.3. The van der Waals surface area contributed by atoms with Crippen molar-refractivity contribution in [2.75, 3.05) is 21.3 Å². The lowest BCUT2D eigenvalue weighted by molar-refractivity contribution is -0.149. The maximum Gasteiger partial charge on any atom is 0.309 e. The molecule has 138 valence electrons. The van der Waals surface area contributed by atoms with E-state index in [1.165, 1.54) is 23.6 Å². The van der Waals surface area contributed by atoms with Gasteiger partial charge in [-0.3, -0.25) is 4.79 Å². The van der Waals surface area contributed by atoms with E-state index in [4.69, 9.17) is 14.2 Å². The fraction of sp³-hybridized carbons (Fsp3) is 0.500. The lowest BCUT2D eigenvalue weighted by Crippen LogP contribution is -2.36. The van der Waals surface area contributed by atoms with Crippen molar-refractivity contribution in [3.05, 3.63) is 35.4 Å². The standard InChI is InChI=1S/C22H26O4/c1-22-10-9-15-14-6-5-13(24-2)11-17(14)20(25-3)12-16(15)18(22)7-8-19(22)21(23)26-4/h5-6,11-12,18-19H,7-10H2,1-4H3. The molecule has 2 aliphatic rings. The van der Waals surface area contributed by atoms with Gasteiger partial charge < -0.3 is 14.2 Å². The molecular weight excluding hydrogens is 328 g/mol. The zero-order chi connectivity index (χ0) is 18.5. The van der Waals surface area contributed by atoms with Crippen molar-refractivity contribution in [3.63, 3.8) is 0 Å². The Labute approximate surface area is 154 Å². The van der Waals surface area contributed by atoms with Crippen molar-refractivity contribution in [1.29, 1.82) is 0 Å². The molecule has 0 radical (unpaired) electrons. The van der Waals surface area contributed by atoms with Crippen LogP contribution < -0.4 is 9.47 Å². The average molecular weight is 354 g/mol. The van der Waals surface area contributed by atoms with Gasteiger partial charge in [-0.05, 0) is 71.7 Å². The van der Waals surface area contributed by atoms with Crippen LogP contribution in [0.2, 0.25) is 0 Å². The highest BCUT2D eigenvalue weighted by molar-refractivity contribution is 5.94. The van der Waals surface area contributed by atoms with Crippen molar-refractivity contribution in [3.8, 4) is 11.5 Å². The molecule has 2 aliphatic carbocycles. The summed E-state index contributed by atoms with van der Waals surface area (Å²) in [6.45, 7) is 2.26. The summed E-state index contributed by atoms with van der Waals surface area (Å²) in [6.07, 6.45) is 3.91. The first-order valence-electron chi connectivity index (χ1n) is 9.28. The molecule has 0 heterocycles. The predicted molar refractivity (Wildman–Crippen MR) is 101 cm³/mol. The van der Waals surface area contributed by atoms with Crippen LogP contribution in [0.1, 0.15) is 43.2 Å². The minimum absolute atomic E-state index is 0.0109. The average Bonchev–Trinajstić information content (AvgIpc) is 3.03. The van der Waals surface area contributed by atoms with Crippen LogP contribution >= 0.6 is 0 Å². The van der Waals surface area contributed by atoms with Crippen LogP contribution in [0.25, 0.3) is 10.8 Å². The Bertz CT molecular complexity index is 872. The molecule has 0 bridgehead atoms. The van der Waals surface area contributed by atoms with E-state index in [-0.39, 0.29) is 17.3 Å². The first kappa shape index (κ1) is 17.2. The molecule has 1 fully saturated rings. The number of esters is 1. The van der Waals surface area contributed by atoms with Gasteiger partial charge in [0.1, 0.15) is 11.5 Å². The topological polar surface area (TPSA) is 44.8 Å². The SMILES string of the molecule is COC(=O)C1CCC2c3cc(OC)c4cc(OC)ccc4c3CCC12C. The molecule has 4 nitrogen and oxygen atoms in total. The molecule has 0 amide bonds. The van der Waals surface area contributed by atoms with Gasteiger partial charge in [0.05, 0.1) is 27.2 Å². The second kappa shape index (κ2) is 6.19. The molecule has 0 aromatic heterocycles. The predicted octanol–water partition coefficient (Wildman–Crippen LogP) is 4.48. The lowest BCUT2D eigenvalue weighted by Gasteiger charge is -2.41. The normalized spacial score (nSPS) is 26.9. The van der Waals surface area contributed by atoms with E-state index in [2.05, 4.69) is 19.1 Å². The highest BCUT2D eigenvalue weighted by Crippen LogP contribution is 2.60. The van der Waals surface area contributed by atoms with E-state index in [9.17, 15) is 4.79 Å². The highest BCUT2D eigenvalue weighted by Gasteiger charge is 2.53. The minimum atomic E-state index is -0.0593. The number of carbonyl (C=O) groups excluding carboxylic acids is 1. The van der Waals surface area contributed by atoms with Gasteiger partial charge in [-0.2, -0.15) is 0 Å². The van der Waals surface area contributed by atoms with Crippen molar-refractivity contribution in [2.45, 2.75) is 38.5 Å². The molecule has 4 rings (SSSR count). The monoisotopic (exact) mass is 354 g/mol. The van der Waals surface area contributed by atoms with Crippen LogP contribution in [0.3, 0.4) is 0 Å². The van der Waals surface area contributed by atoms with Crippen LogP contribution in [0.5, 0.6) is 11.5 Å². The summed E-state index contributed by atoms with van der Waals surface area (Å²) in [5, 5.41) is 2.33. The molecule has 4 heteroatoms. The van der Waals surface area contributed by atoms with Crippen molar-refractivity contribution in [2.24, 2.45) is 11.3 Å². The van der Waals surface area contributed by atoms with E-state index in [1.807, 2.05) is 12.1 Å². The largest absolute Gasteiger partial charge is 0.497 e. The maximum absolute atomic E-state index is 12.3. The Kier molecular flexibility index (Phi) is 4.09. The number of methoxy groups -OCH3 is 3.